The Hall–Kier alpha value is -7.10. The van der Waals surface area contributed by atoms with Gasteiger partial charge in [0.25, 0.3) is 0 Å². The van der Waals surface area contributed by atoms with Crippen LogP contribution in [0.1, 0.15) is 108 Å². The maximum Gasteiger partial charge on any atom is 0.326 e. The average Bonchev–Trinajstić information content (AvgIpc) is 3.26. The Kier molecular flexibility index (Phi) is 24.5. The number of ether oxygens (including phenoxy) is 2. The van der Waals surface area contributed by atoms with Gasteiger partial charge in [-0.15, -0.1) is 0 Å². The summed E-state index contributed by atoms with van der Waals surface area (Å²) in [6, 6.07) is -1.27. The molecule has 0 aromatic heterocycles. The summed E-state index contributed by atoms with van der Waals surface area (Å²) in [5.74, 6) is -4.01. The van der Waals surface area contributed by atoms with E-state index in [4.69, 9.17) is 19.7 Å². The summed E-state index contributed by atoms with van der Waals surface area (Å²) in [5, 5.41) is 27.0. The fourth-order valence-corrected chi connectivity index (χ4v) is 7.99. The van der Waals surface area contributed by atoms with Gasteiger partial charge in [-0.1, -0.05) is 129 Å². The number of urea groups is 2. The highest BCUT2D eigenvalue weighted by Crippen LogP contribution is 2.44. The number of carboxylic acids is 2. The number of Topliss-reactive ketones (excluding diaryl/α,β-unsaturated/α-hetero) is 2. The summed E-state index contributed by atoms with van der Waals surface area (Å²) in [5.41, 5.74) is 5.77. The van der Waals surface area contributed by atoms with Crippen LogP contribution in [0, 0.1) is 10.8 Å². The lowest BCUT2D eigenvalue weighted by atomic mass is 9.68. The molecule has 0 aromatic rings. The molecule has 2 rings (SSSR count). The molecule has 0 saturated heterocycles. The van der Waals surface area contributed by atoms with E-state index in [2.05, 4.69) is 21.3 Å². The van der Waals surface area contributed by atoms with Gasteiger partial charge < -0.3 is 41.0 Å². The quantitative estimate of drug-likeness (QED) is 0.0304. The highest BCUT2D eigenvalue weighted by atomic mass is 16.6. The molecule has 70 heavy (non-hydrogen) atoms. The van der Waals surface area contributed by atoms with Crippen LogP contribution in [-0.2, 0) is 38.2 Å². The van der Waals surface area contributed by atoms with Crippen molar-refractivity contribution in [1.29, 1.82) is 0 Å². The minimum Gasteiger partial charge on any atom is -0.481 e. The third-order valence-electron chi connectivity index (χ3n) is 11.3. The minimum atomic E-state index is -0.984. The number of carbonyl (C=O) groups is 8. The third-order valence-corrected chi connectivity index (χ3v) is 11.3. The van der Waals surface area contributed by atoms with Crippen LogP contribution in [0.2, 0.25) is 0 Å². The second kappa shape index (κ2) is 29.0. The first-order valence-corrected chi connectivity index (χ1v) is 23.3. The van der Waals surface area contributed by atoms with Crippen LogP contribution in [0.5, 0.6) is 0 Å². The third kappa shape index (κ3) is 21.5. The number of esters is 2. The van der Waals surface area contributed by atoms with Gasteiger partial charge in [-0.3, -0.25) is 28.8 Å². The van der Waals surface area contributed by atoms with Crippen LogP contribution in [0.15, 0.2) is 130 Å². The number of amides is 4. The van der Waals surface area contributed by atoms with Crippen molar-refractivity contribution in [3.63, 3.8) is 0 Å². The van der Waals surface area contributed by atoms with E-state index in [9.17, 15) is 38.4 Å². The Morgan fingerprint density at radius 3 is 1.53 bits per heavy atom. The number of allylic oxidation sites excluding steroid dienone is 20. The van der Waals surface area contributed by atoms with E-state index in [-0.39, 0.29) is 63.2 Å². The van der Waals surface area contributed by atoms with Gasteiger partial charge in [0.2, 0.25) is 0 Å². The Morgan fingerprint density at radius 2 is 1.03 bits per heavy atom. The van der Waals surface area contributed by atoms with Crippen LogP contribution in [0.4, 0.5) is 9.59 Å². The molecule has 16 nitrogen and oxygen atoms in total. The van der Waals surface area contributed by atoms with E-state index >= 15 is 0 Å². The van der Waals surface area contributed by atoms with Crippen molar-refractivity contribution in [2.75, 3.05) is 26.2 Å². The van der Waals surface area contributed by atoms with Crippen LogP contribution in [0.3, 0.4) is 0 Å². The number of hydrogen-bond acceptors (Lipinski definition) is 10. The molecule has 0 bridgehead atoms. The minimum absolute atomic E-state index is 0.0876. The molecular formula is C54H72N4O12. The highest BCUT2D eigenvalue weighted by Gasteiger charge is 2.42. The molecule has 2 unspecified atom stereocenters. The standard InChI is InChI=1S/C54H72N4O12/c1-35(20-13-11-12-14-25-41-39(5)49(65)42(31-53(41,7)8)69-46(63)33-57-51(67)55-28-18-26-44(59)60)21-15-16-22-36(2)23-17-24-37(3)30-38(4)48-40(6)50(66)43(32-54(48,9)10)70-47(64)34-58-52(68)56-29-19-27-45(61)62/h11-17,20-25,30,42-43H,18-19,26-29,31-34H2,1-10H3,(H,59,60)(H,61,62)(H2,55,57,67)(H2,56,58,68)/b12-11+,16-15+,20-13+,23-17+,25-14+,35-21+,36-22+,37-24+,38-30+. The van der Waals surface area contributed by atoms with Crippen molar-refractivity contribution in [3.05, 3.63) is 130 Å². The van der Waals surface area contributed by atoms with Gasteiger partial charge in [-0.25, -0.2) is 9.59 Å². The normalized spacial score (nSPS) is 19.2. The maximum absolute atomic E-state index is 13.4. The summed E-state index contributed by atoms with van der Waals surface area (Å²) < 4.78 is 10.9. The zero-order chi connectivity index (χ0) is 52.6. The summed E-state index contributed by atoms with van der Waals surface area (Å²) in [7, 11) is 0. The van der Waals surface area contributed by atoms with Crippen molar-refractivity contribution >= 4 is 47.5 Å². The van der Waals surface area contributed by atoms with Gasteiger partial charge in [-0.05, 0) is 93.1 Å². The van der Waals surface area contributed by atoms with Gasteiger partial charge >= 0.3 is 35.9 Å². The Bertz CT molecular complexity index is 2330. The largest absolute Gasteiger partial charge is 0.481 e. The first-order valence-electron chi connectivity index (χ1n) is 23.3. The fraction of sp³-hybridized carbons (Fsp3) is 0.444. The van der Waals surface area contributed by atoms with E-state index in [1.165, 1.54) is 0 Å². The lowest BCUT2D eigenvalue weighted by Gasteiger charge is -2.38. The van der Waals surface area contributed by atoms with Gasteiger partial charge in [0.15, 0.2) is 23.8 Å². The number of aliphatic carboxylic acids is 2. The predicted molar refractivity (Wildman–Crippen MR) is 269 cm³/mol. The molecule has 2 aliphatic rings. The van der Waals surface area contributed by atoms with Gasteiger partial charge in [0, 0.05) is 38.8 Å². The molecule has 0 aromatic carbocycles. The molecule has 2 aliphatic carbocycles. The number of hydrogen-bond donors (Lipinski definition) is 6. The Labute approximate surface area is 412 Å². The van der Waals surface area contributed by atoms with E-state index in [0.717, 1.165) is 33.4 Å². The van der Waals surface area contributed by atoms with Crippen molar-refractivity contribution in [2.45, 2.75) is 120 Å². The zero-order valence-corrected chi connectivity index (χ0v) is 42.3. The van der Waals surface area contributed by atoms with E-state index < -0.39 is 72.1 Å². The topological polar surface area (TPSA) is 244 Å². The monoisotopic (exact) mass is 969 g/mol. The Balaban J connectivity index is 1.91. The number of carbonyl (C=O) groups excluding carboxylic acids is 6. The fourth-order valence-electron chi connectivity index (χ4n) is 7.99. The molecule has 0 saturated carbocycles. The molecule has 2 atom stereocenters. The number of carboxylic acid groups (broad SMARTS) is 2. The van der Waals surface area contributed by atoms with Crippen LogP contribution in [0.25, 0.3) is 0 Å². The number of ketones is 2. The average molecular weight is 969 g/mol. The molecule has 0 radical (unpaired) electrons. The molecule has 0 fully saturated rings. The van der Waals surface area contributed by atoms with Crippen LogP contribution >= 0.6 is 0 Å². The molecule has 0 heterocycles. The van der Waals surface area contributed by atoms with E-state index in [0.29, 0.717) is 11.1 Å². The molecule has 0 aliphatic heterocycles. The van der Waals surface area contributed by atoms with Crippen molar-refractivity contribution in [2.24, 2.45) is 10.8 Å². The molecule has 4 amide bonds. The second-order valence-electron chi connectivity index (χ2n) is 18.5. The van der Waals surface area contributed by atoms with Gasteiger partial charge in [0.1, 0.15) is 13.1 Å². The molecular weight excluding hydrogens is 897 g/mol. The SMILES string of the molecule is CC1=C(/C=C/C=C/C=C/C(C)=C/C=C/C=C(C)/C=C/C=C(C)/C=C(\C)C2=C(C)C(=O)C(OC(=O)CNC(=O)NCCCC(=O)O)CC2(C)C)C(C)(C)CC(OC(=O)CNC(=O)NCCCC(=O)O)C1=O. The smallest absolute Gasteiger partial charge is 0.326 e. The first kappa shape index (κ1) is 59.0. The second-order valence-corrected chi connectivity index (χ2v) is 18.5. The summed E-state index contributed by atoms with van der Waals surface area (Å²) in [4.78, 5) is 96.4. The van der Waals surface area contributed by atoms with E-state index in [1.54, 1.807) is 13.8 Å². The lowest BCUT2D eigenvalue weighted by Crippen LogP contribution is -2.43. The predicted octanol–water partition coefficient (Wildman–Crippen LogP) is 8.34. The summed E-state index contributed by atoms with van der Waals surface area (Å²) >= 11 is 0. The lowest BCUT2D eigenvalue weighted by molar-refractivity contribution is -0.155. The number of nitrogens with one attached hydrogen (secondary N) is 4. The van der Waals surface area contributed by atoms with Gasteiger partial charge in [-0.2, -0.15) is 0 Å². The molecule has 6 N–H and O–H groups in total. The van der Waals surface area contributed by atoms with Crippen LogP contribution in [-0.4, -0.2) is 96.1 Å². The van der Waals surface area contributed by atoms with Crippen molar-refractivity contribution in [3.8, 4) is 0 Å². The summed E-state index contributed by atoms with van der Waals surface area (Å²) in [6.07, 6.45) is 26.2. The van der Waals surface area contributed by atoms with Crippen molar-refractivity contribution < 1.29 is 58.0 Å². The molecule has 0 spiro atoms. The first-order chi connectivity index (χ1) is 32.8. The number of rotatable bonds is 24. The molecule has 380 valence electrons. The van der Waals surface area contributed by atoms with E-state index in [1.807, 2.05) is 140 Å². The zero-order valence-electron chi connectivity index (χ0n) is 42.3. The van der Waals surface area contributed by atoms with Gasteiger partial charge in [0.05, 0.1) is 0 Å². The highest BCUT2D eigenvalue weighted by molar-refractivity contribution is 6.02. The Morgan fingerprint density at radius 1 is 0.586 bits per heavy atom. The van der Waals surface area contributed by atoms with Crippen molar-refractivity contribution in [1.82, 2.24) is 21.3 Å². The van der Waals surface area contributed by atoms with Crippen LogP contribution < -0.4 is 21.3 Å². The molecule has 16 heteroatoms. The maximum atomic E-state index is 13.4. The summed E-state index contributed by atoms with van der Waals surface area (Å²) in [6.45, 7) is 18.7.